The fourth-order valence-corrected chi connectivity index (χ4v) is 3.20. The number of aryl methyl sites for hydroxylation is 1. The highest BCUT2D eigenvalue weighted by molar-refractivity contribution is 9.10. The van der Waals surface area contributed by atoms with Crippen LogP contribution in [-0.2, 0) is 6.42 Å². The molecule has 0 aliphatic carbocycles. The molecule has 0 saturated carbocycles. The van der Waals surface area contributed by atoms with Gasteiger partial charge in [-0.3, -0.25) is 4.79 Å². The highest BCUT2D eigenvalue weighted by atomic mass is 79.9. The van der Waals surface area contributed by atoms with Gasteiger partial charge in [-0.1, -0.05) is 41.4 Å². The van der Waals surface area contributed by atoms with Crippen molar-refractivity contribution in [3.05, 3.63) is 88.4 Å². The highest BCUT2D eigenvalue weighted by Crippen LogP contribution is 2.35. The number of rotatable bonds is 7. The van der Waals surface area contributed by atoms with Crippen LogP contribution >= 0.6 is 15.9 Å². The summed E-state index contributed by atoms with van der Waals surface area (Å²) in [7, 11) is 0. The number of nitrogens with zero attached hydrogens (tertiary/aromatic N) is 1. The Morgan fingerprint density at radius 3 is 1.81 bits per heavy atom. The number of halogens is 1. The number of carbonyl (C=O) groups is 1. The number of benzene rings is 3. The summed E-state index contributed by atoms with van der Waals surface area (Å²) in [6, 6.07) is 24.7. The minimum absolute atomic E-state index is 0.680. The molecule has 132 valence electrons. The van der Waals surface area contributed by atoms with E-state index < -0.39 is 0 Å². The first-order chi connectivity index (χ1) is 12.7. The molecule has 0 amide bonds. The molecule has 0 radical (unpaired) electrons. The van der Waals surface area contributed by atoms with Crippen LogP contribution < -0.4 is 4.90 Å². The van der Waals surface area contributed by atoms with E-state index in [0.717, 1.165) is 34.2 Å². The SMILES string of the molecule is CCCCc1ccc(N(c2ccc(Br)cc2)c2ccc(C=O)cc2)cc1. The average molecular weight is 408 g/mol. The van der Waals surface area contributed by atoms with E-state index in [1.165, 1.54) is 18.4 Å². The first-order valence-corrected chi connectivity index (χ1v) is 9.70. The van der Waals surface area contributed by atoms with Gasteiger partial charge in [0.1, 0.15) is 6.29 Å². The Kier molecular flexibility index (Phi) is 6.24. The number of aldehydes is 1. The van der Waals surface area contributed by atoms with Crippen molar-refractivity contribution in [2.24, 2.45) is 0 Å². The van der Waals surface area contributed by atoms with Gasteiger partial charge in [0.2, 0.25) is 0 Å². The molecule has 0 aliphatic rings. The van der Waals surface area contributed by atoms with E-state index >= 15 is 0 Å². The molecular weight excluding hydrogens is 386 g/mol. The van der Waals surface area contributed by atoms with Crippen molar-refractivity contribution in [1.82, 2.24) is 0 Å². The Bertz CT molecular complexity index is 839. The van der Waals surface area contributed by atoms with Gasteiger partial charge in [-0.2, -0.15) is 0 Å². The molecule has 3 heteroatoms. The molecule has 0 aliphatic heterocycles. The predicted molar refractivity (Wildman–Crippen MR) is 113 cm³/mol. The quantitative estimate of drug-likeness (QED) is 0.390. The topological polar surface area (TPSA) is 20.3 Å². The molecule has 2 nitrogen and oxygen atoms in total. The lowest BCUT2D eigenvalue weighted by Gasteiger charge is -2.25. The van der Waals surface area contributed by atoms with E-state index in [0.29, 0.717) is 5.56 Å². The maximum absolute atomic E-state index is 11.0. The van der Waals surface area contributed by atoms with Crippen LogP contribution in [0.25, 0.3) is 0 Å². The van der Waals surface area contributed by atoms with Gasteiger partial charge in [0.25, 0.3) is 0 Å². The molecule has 0 N–H and O–H groups in total. The molecule has 0 unspecified atom stereocenters. The standard InChI is InChI=1S/C23H22BrNO/c1-2-3-4-18-5-11-21(12-6-18)25(23-15-9-20(24)10-16-23)22-13-7-19(17-26)8-14-22/h5-17H,2-4H2,1H3. The molecule has 0 spiro atoms. The zero-order valence-electron chi connectivity index (χ0n) is 14.9. The summed E-state index contributed by atoms with van der Waals surface area (Å²) in [6.07, 6.45) is 4.40. The lowest BCUT2D eigenvalue weighted by atomic mass is 10.1. The van der Waals surface area contributed by atoms with Gasteiger partial charge in [0.05, 0.1) is 0 Å². The molecular formula is C23H22BrNO. The van der Waals surface area contributed by atoms with Crippen molar-refractivity contribution < 1.29 is 4.79 Å². The monoisotopic (exact) mass is 407 g/mol. The minimum atomic E-state index is 0.680. The minimum Gasteiger partial charge on any atom is -0.311 e. The lowest BCUT2D eigenvalue weighted by Crippen LogP contribution is -2.10. The van der Waals surface area contributed by atoms with E-state index in [2.05, 4.69) is 64.2 Å². The molecule has 0 saturated heterocycles. The van der Waals surface area contributed by atoms with Crippen molar-refractivity contribution in [1.29, 1.82) is 0 Å². The second-order valence-electron chi connectivity index (χ2n) is 6.29. The van der Waals surface area contributed by atoms with Crippen LogP contribution in [0.1, 0.15) is 35.7 Å². The van der Waals surface area contributed by atoms with E-state index in [-0.39, 0.29) is 0 Å². The average Bonchev–Trinajstić information content (AvgIpc) is 2.69. The summed E-state index contributed by atoms with van der Waals surface area (Å²) in [5.74, 6) is 0. The van der Waals surface area contributed by atoms with Crippen molar-refractivity contribution >= 4 is 39.3 Å². The van der Waals surface area contributed by atoms with Gasteiger partial charge in [-0.25, -0.2) is 0 Å². The number of anilines is 3. The summed E-state index contributed by atoms with van der Waals surface area (Å²) in [6.45, 7) is 2.21. The zero-order chi connectivity index (χ0) is 18.4. The van der Waals surface area contributed by atoms with Gasteiger partial charge in [0.15, 0.2) is 0 Å². The van der Waals surface area contributed by atoms with Crippen molar-refractivity contribution in [3.63, 3.8) is 0 Å². The Balaban J connectivity index is 1.99. The Labute approximate surface area is 163 Å². The third-order valence-corrected chi connectivity index (χ3v) is 4.91. The van der Waals surface area contributed by atoms with Crippen LogP contribution in [0.5, 0.6) is 0 Å². The van der Waals surface area contributed by atoms with Crippen LogP contribution in [-0.4, -0.2) is 6.29 Å². The predicted octanol–water partition coefficient (Wildman–Crippen LogP) is 7.07. The number of hydrogen-bond acceptors (Lipinski definition) is 2. The smallest absolute Gasteiger partial charge is 0.150 e. The molecule has 26 heavy (non-hydrogen) atoms. The lowest BCUT2D eigenvalue weighted by molar-refractivity contribution is 0.112. The summed E-state index contributed by atoms with van der Waals surface area (Å²) in [4.78, 5) is 13.2. The molecule has 3 rings (SSSR count). The van der Waals surface area contributed by atoms with E-state index in [4.69, 9.17) is 0 Å². The first-order valence-electron chi connectivity index (χ1n) is 8.91. The highest BCUT2D eigenvalue weighted by Gasteiger charge is 2.12. The van der Waals surface area contributed by atoms with Gasteiger partial charge in [0, 0.05) is 27.1 Å². The molecule has 3 aromatic rings. The third-order valence-electron chi connectivity index (χ3n) is 4.39. The van der Waals surface area contributed by atoms with Crippen molar-refractivity contribution in [2.75, 3.05) is 4.90 Å². The molecule has 0 fully saturated rings. The second-order valence-corrected chi connectivity index (χ2v) is 7.21. The Hall–Kier alpha value is -2.39. The van der Waals surface area contributed by atoms with Crippen LogP contribution in [0.3, 0.4) is 0 Å². The van der Waals surface area contributed by atoms with Gasteiger partial charge in [-0.15, -0.1) is 0 Å². The Morgan fingerprint density at radius 2 is 1.31 bits per heavy atom. The third kappa shape index (κ3) is 4.41. The van der Waals surface area contributed by atoms with Gasteiger partial charge in [-0.05, 0) is 79.1 Å². The molecule has 0 atom stereocenters. The summed E-state index contributed by atoms with van der Waals surface area (Å²) in [5.41, 5.74) is 5.25. The number of carbonyl (C=O) groups excluding carboxylic acids is 1. The molecule has 0 bridgehead atoms. The maximum atomic E-state index is 11.0. The van der Waals surface area contributed by atoms with Crippen LogP contribution in [0.4, 0.5) is 17.1 Å². The van der Waals surface area contributed by atoms with Crippen molar-refractivity contribution in [2.45, 2.75) is 26.2 Å². The molecule has 0 heterocycles. The van der Waals surface area contributed by atoms with Gasteiger partial charge < -0.3 is 4.90 Å². The Morgan fingerprint density at radius 1 is 0.808 bits per heavy atom. The largest absolute Gasteiger partial charge is 0.311 e. The molecule has 3 aromatic carbocycles. The first kappa shape index (κ1) is 18.4. The van der Waals surface area contributed by atoms with Crippen molar-refractivity contribution in [3.8, 4) is 0 Å². The normalized spacial score (nSPS) is 10.5. The summed E-state index contributed by atoms with van der Waals surface area (Å²) < 4.78 is 1.05. The fourth-order valence-electron chi connectivity index (χ4n) is 2.93. The van der Waals surface area contributed by atoms with Crippen LogP contribution in [0.2, 0.25) is 0 Å². The van der Waals surface area contributed by atoms with E-state index in [9.17, 15) is 4.79 Å². The van der Waals surface area contributed by atoms with E-state index in [1.54, 1.807) is 0 Å². The summed E-state index contributed by atoms with van der Waals surface area (Å²) in [5, 5.41) is 0. The maximum Gasteiger partial charge on any atom is 0.150 e. The van der Waals surface area contributed by atoms with Crippen LogP contribution in [0.15, 0.2) is 77.3 Å². The number of hydrogen-bond donors (Lipinski definition) is 0. The van der Waals surface area contributed by atoms with E-state index in [1.807, 2.05) is 36.4 Å². The number of unbranched alkanes of at least 4 members (excludes halogenated alkanes) is 1. The summed E-state index contributed by atoms with van der Waals surface area (Å²) >= 11 is 3.50. The van der Waals surface area contributed by atoms with Crippen LogP contribution in [0, 0.1) is 0 Å². The molecule has 0 aromatic heterocycles. The zero-order valence-corrected chi connectivity index (χ0v) is 16.4. The fraction of sp³-hybridized carbons (Fsp3) is 0.174. The van der Waals surface area contributed by atoms with Gasteiger partial charge >= 0.3 is 0 Å². The second kappa shape index (κ2) is 8.81.